The zero-order valence-corrected chi connectivity index (χ0v) is 24.1. The normalized spacial score (nSPS) is 14.9. The Balaban J connectivity index is 0.00000320. The minimum absolute atomic E-state index is 0. The number of benzene rings is 3. The van der Waals surface area contributed by atoms with Gasteiger partial charge in [-0.25, -0.2) is 13.4 Å². The minimum Gasteiger partial charge on any atom is -0.379 e. The molecule has 0 aliphatic carbocycles. The van der Waals surface area contributed by atoms with Crippen LogP contribution in [0.25, 0.3) is 11.3 Å². The number of aryl methyl sites for hydroxylation is 1. The van der Waals surface area contributed by atoms with Crippen molar-refractivity contribution in [3.05, 3.63) is 99.6 Å². The summed E-state index contributed by atoms with van der Waals surface area (Å²) in [6, 6.07) is 24.9. The zero-order chi connectivity index (χ0) is 25.0. The Labute approximate surface area is 236 Å². The number of nitrogens with zero attached hydrogens (tertiary/aromatic N) is 3. The average Bonchev–Trinajstić information content (AvgIpc) is 3.31. The van der Waals surface area contributed by atoms with Crippen LogP contribution in [0.5, 0.6) is 0 Å². The summed E-state index contributed by atoms with van der Waals surface area (Å²) in [4.78, 5) is 6.01. The molecule has 0 radical (unpaired) electrons. The highest BCUT2D eigenvalue weighted by molar-refractivity contribution is 8.93. The maximum atomic E-state index is 13.0. The molecule has 5 rings (SSSR count). The number of rotatable bonds is 7. The maximum Gasteiger partial charge on any atom is 0.243 e. The molecule has 0 N–H and O–H groups in total. The molecule has 6 nitrogen and oxygen atoms in total. The maximum absolute atomic E-state index is 13.0. The molecule has 0 spiro atoms. The summed E-state index contributed by atoms with van der Waals surface area (Å²) < 4.78 is 35.0. The molecule has 0 saturated carbocycles. The predicted molar refractivity (Wildman–Crippen MR) is 154 cm³/mol. The van der Waals surface area contributed by atoms with Crippen molar-refractivity contribution in [3.8, 4) is 11.3 Å². The van der Waals surface area contributed by atoms with E-state index < -0.39 is 10.0 Å². The van der Waals surface area contributed by atoms with E-state index in [9.17, 15) is 8.42 Å². The summed E-state index contributed by atoms with van der Waals surface area (Å²) in [5.41, 5.74) is 3.96. The van der Waals surface area contributed by atoms with E-state index in [2.05, 4.69) is 22.1 Å². The van der Waals surface area contributed by atoms with Gasteiger partial charge in [-0.15, -0.1) is 28.3 Å². The molecule has 10 heteroatoms. The lowest BCUT2D eigenvalue weighted by atomic mass is 10.1. The highest BCUT2D eigenvalue weighted by Crippen LogP contribution is 2.25. The lowest BCUT2D eigenvalue weighted by Gasteiger charge is -2.26. The average molecular weight is 621 g/mol. The van der Waals surface area contributed by atoms with E-state index in [4.69, 9.17) is 21.3 Å². The van der Waals surface area contributed by atoms with E-state index in [0.29, 0.717) is 36.2 Å². The van der Waals surface area contributed by atoms with Crippen LogP contribution in [0.1, 0.15) is 5.56 Å². The van der Waals surface area contributed by atoms with Gasteiger partial charge in [-0.1, -0.05) is 60.1 Å². The van der Waals surface area contributed by atoms with Gasteiger partial charge in [0.1, 0.15) is 0 Å². The van der Waals surface area contributed by atoms with Crippen molar-refractivity contribution in [2.45, 2.75) is 17.9 Å². The third-order valence-corrected chi connectivity index (χ3v) is 9.07. The van der Waals surface area contributed by atoms with Crippen LogP contribution in [0.3, 0.4) is 0 Å². The molecule has 37 heavy (non-hydrogen) atoms. The van der Waals surface area contributed by atoms with Crippen molar-refractivity contribution in [1.82, 2.24) is 8.87 Å². The standard InChI is InChI=1S/C27H26ClN3O3S2.BrH/c28-23-7-4-8-24(19-23)29-27-31(14-13-21-5-2-1-3-6-21)26(20-35-27)22-9-11-25(12-10-22)36(32,33)30-15-17-34-18-16-30;/h1-12,19-20H,13-18H2;1H. The fourth-order valence-corrected chi connectivity index (χ4v) is 6.69. The number of thiazole rings is 1. The van der Waals surface area contributed by atoms with Gasteiger partial charge in [0.25, 0.3) is 0 Å². The van der Waals surface area contributed by atoms with Crippen LogP contribution in [0, 0.1) is 0 Å². The van der Waals surface area contributed by atoms with E-state index >= 15 is 0 Å². The summed E-state index contributed by atoms with van der Waals surface area (Å²) in [5.74, 6) is 0. The molecule has 1 aliphatic heterocycles. The second-order valence-corrected chi connectivity index (χ2v) is 11.6. The molecule has 1 aliphatic rings. The van der Waals surface area contributed by atoms with E-state index in [1.54, 1.807) is 23.5 Å². The van der Waals surface area contributed by atoms with Gasteiger partial charge in [-0.05, 0) is 47.9 Å². The number of hydrogen-bond acceptors (Lipinski definition) is 5. The van der Waals surface area contributed by atoms with Crippen LogP contribution in [-0.2, 0) is 27.7 Å². The summed E-state index contributed by atoms with van der Waals surface area (Å²) in [7, 11) is -3.54. The molecule has 1 aromatic heterocycles. The number of hydrogen-bond donors (Lipinski definition) is 0. The molecule has 4 aromatic rings. The second kappa shape index (κ2) is 12.5. The Morgan fingerprint density at radius 2 is 1.68 bits per heavy atom. The van der Waals surface area contributed by atoms with Crippen molar-refractivity contribution in [1.29, 1.82) is 0 Å². The SMILES string of the molecule is Br.O=S(=O)(c1ccc(-c2csc(=Nc3cccc(Cl)c3)n2CCc2ccccc2)cc1)N1CCOCC1. The molecule has 1 fully saturated rings. The van der Waals surface area contributed by atoms with Crippen LogP contribution in [0.2, 0.25) is 5.02 Å². The zero-order valence-electron chi connectivity index (χ0n) is 20.0. The fourth-order valence-electron chi connectivity index (χ4n) is 4.14. The number of ether oxygens (including phenoxy) is 1. The molecular weight excluding hydrogens is 594 g/mol. The Hall–Kier alpha value is -2.27. The summed E-state index contributed by atoms with van der Waals surface area (Å²) in [6.07, 6.45) is 0.844. The fraction of sp³-hybridized carbons (Fsp3) is 0.222. The molecule has 0 atom stereocenters. The molecule has 2 heterocycles. The highest BCUT2D eigenvalue weighted by Gasteiger charge is 2.26. The monoisotopic (exact) mass is 619 g/mol. The van der Waals surface area contributed by atoms with Gasteiger partial charge in [0.15, 0.2) is 4.80 Å². The van der Waals surface area contributed by atoms with Crippen molar-refractivity contribution < 1.29 is 13.2 Å². The van der Waals surface area contributed by atoms with Gasteiger partial charge < -0.3 is 9.30 Å². The van der Waals surface area contributed by atoms with Crippen LogP contribution in [0.15, 0.2) is 94.1 Å². The van der Waals surface area contributed by atoms with Crippen molar-refractivity contribution in [2.75, 3.05) is 26.3 Å². The highest BCUT2D eigenvalue weighted by atomic mass is 79.9. The molecule has 194 valence electrons. The first-order valence-electron chi connectivity index (χ1n) is 11.7. The number of halogens is 2. The van der Waals surface area contributed by atoms with Crippen molar-refractivity contribution in [3.63, 3.8) is 0 Å². The molecule has 0 amide bonds. The van der Waals surface area contributed by atoms with Gasteiger partial charge in [0.05, 0.1) is 29.5 Å². The summed E-state index contributed by atoms with van der Waals surface area (Å²) in [5, 5.41) is 2.71. The summed E-state index contributed by atoms with van der Waals surface area (Å²) >= 11 is 7.73. The van der Waals surface area contributed by atoms with E-state index in [0.717, 1.165) is 34.7 Å². The van der Waals surface area contributed by atoms with Crippen LogP contribution in [0.4, 0.5) is 5.69 Å². The van der Waals surface area contributed by atoms with Gasteiger partial charge in [0, 0.05) is 30.0 Å². The Morgan fingerprint density at radius 3 is 2.38 bits per heavy atom. The Kier molecular flexibility index (Phi) is 9.39. The largest absolute Gasteiger partial charge is 0.379 e. The second-order valence-electron chi connectivity index (χ2n) is 8.42. The molecule has 0 bridgehead atoms. The van der Waals surface area contributed by atoms with E-state index in [-0.39, 0.29) is 17.0 Å². The quantitative estimate of drug-likeness (QED) is 0.257. The molecule has 3 aromatic carbocycles. The first kappa shape index (κ1) is 27.8. The first-order valence-corrected chi connectivity index (χ1v) is 14.4. The van der Waals surface area contributed by atoms with Gasteiger partial charge >= 0.3 is 0 Å². The smallest absolute Gasteiger partial charge is 0.243 e. The summed E-state index contributed by atoms with van der Waals surface area (Å²) in [6.45, 7) is 2.33. The number of aromatic nitrogens is 1. The van der Waals surface area contributed by atoms with Crippen molar-refractivity contribution in [2.24, 2.45) is 4.99 Å². The van der Waals surface area contributed by atoms with Gasteiger partial charge in [0.2, 0.25) is 10.0 Å². The Bertz CT molecular complexity index is 1500. The number of morpholine rings is 1. The molecule has 0 unspecified atom stereocenters. The van der Waals surface area contributed by atoms with Gasteiger partial charge in [-0.3, -0.25) is 0 Å². The first-order chi connectivity index (χ1) is 17.5. The van der Waals surface area contributed by atoms with Crippen LogP contribution < -0.4 is 4.80 Å². The molecule has 1 saturated heterocycles. The van der Waals surface area contributed by atoms with E-state index in [1.807, 2.05) is 54.6 Å². The van der Waals surface area contributed by atoms with Crippen molar-refractivity contribution >= 4 is 55.6 Å². The minimum atomic E-state index is -3.54. The predicted octanol–water partition coefficient (Wildman–Crippen LogP) is 5.94. The lowest BCUT2D eigenvalue weighted by molar-refractivity contribution is 0.0730. The molecular formula is C27H27BrClN3O3S2. The lowest BCUT2D eigenvalue weighted by Crippen LogP contribution is -2.40. The van der Waals surface area contributed by atoms with E-state index in [1.165, 1.54) is 9.87 Å². The van der Waals surface area contributed by atoms with Crippen LogP contribution >= 0.6 is 39.9 Å². The third-order valence-electron chi connectivity index (χ3n) is 6.06. The van der Waals surface area contributed by atoms with Gasteiger partial charge in [-0.2, -0.15) is 4.31 Å². The topological polar surface area (TPSA) is 63.9 Å². The van der Waals surface area contributed by atoms with Crippen LogP contribution in [-0.4, -0.2) is 43.6 Å². The number of sulfonamides is 1. The Morgan fingerprint density at radius 1 is 0.946 bits per heavy atom. The third kappa shape index (κ3) is 6.60.